The summed E-state index contributed by atoms with van der Waals surface area (Å²) in [5.41, 5.74) is 3.92. The van der Waals surface area contributed by atoms with Gasteiger partial charge in [0.1, 0.15) is 0 Å². The van der Waals surface area contributed by atoms with Gasteiger partial charge in [0.2, 0.25) is 0 Å². The van der Waals surface area contributed by atoms with E-state index in [9.17, 15) is 0 Å². The van der Waals surface area contributed by atoms with Crippen LogP contribution in [0.25, 0.3) is 22.5 Å². The molecular formula is C16H11BrN2. The van der Waals surface area contributed by atoms with E-state index in [-0.39, 0.29) is 0 Å². The maximum atomic E-state index is 4.48. The highest BCUT2D eigenvalue weighted by molar-refractivity contribution is 9.10. The molecule has 0 amide bonds. The van der Waals surface area contributed by atoms with Crippen molar-refractivity contribution in [2.45, 2.75) is 0 Å². The van der Waals surface area contributed by atoms with Crippen molar-refractivity contribution in [2.24, 2.45) is 0 Å². The molecule has 0 aliphatic rings. The van der Waals surface area contributed by atoms with Crippen molar-refractivity contribution in [1.29, 1.82) is 0 Å². The van der Waals surface area contributed by atoms with Gasteiger partial charge in [-0.05, 0) is 12.1 Å². The maximum Gasteiger partial charge on any atom is 0.0885 e. The molecular weight excluding hydrogens is 300 g/mol. The summed E-state index contributed by atoms with van der Waals surface area (Å²) in [4.78, 5) is 8.95. The number of benzene rings is 2. The van der Waals surface area contributed by atoms with Gasteiger partial charge in [0, 0.05) is 15.6 Å². The van der Waals surface area contributed by atoms with Gasteiger partial charge in [-0.15, -0.1) is 0 Å². The Bertz CT molecular complexity index is 661. The molecule has 0 aliphatic heterocycles. The van der Waals surface area contributed by atoms with Crippen LogP contribution in [0.3, 0.4) is 0 Å². The highest BCUT2D eigenvalue weighted by Crippen LogP contribution is 2.21. The smallest absolute Gasteiger partial charge is 0.0885 e. The second-order valence-corrected chi connectivity index (χ2v) is 5.08. The fourth-order valence-corrected chi connectivity index (χ4v) is 2.12. The second-order valence-electron chi connectivity index (χ2n) is 4.16. The normalized spacial score (nSPS) is 10.4. The number of rotatable bonds is 2. The molecule has 1 aromatic heterocycles. The quantitative estimate of drug-likeness (QED) is 0.692. The molecule has 0 bridgehead atoms. The van der Waals surface area contributed by atoms with Gasteiger partial charge >= 0.3 is 0 Å². The molecule has 92 valence electrons. The second kappa shape index (κ2) is 5.33. The first kappa shape index (κ1) is 12.1. The van der Waals surface area contributed by atoms with Crippen molar-refractivity contribution in [3.63, 3.8) is 0 Å². The van der Waals surface area contributed by atoms with E-state index >= 15 is 0 Å². The average molecular weight is 311 g/mol. The molecule has 0 atom stereocenters. The zero-order chi connectivity index (χ0) is 13.1. The van der Waals surface area contributed by atoms with Crippen LogP contribution in [-0.2, 0) is 0 Å². The van der Waals surface area contributed by atoms with Crippen molar-refractivity contribution >= 4 is 15.9 Å². The Hall–Kier alpha value is -2.00. The molecule has 0 saturated heterocycles. The Kier molecular flexibility index (Phi) is 3.38. The average Bonchev–Trinajstić information content (AvgIpc) is 2.49. The molecule has 0 radical (unpaired) electrons. The van der Waals surface area contributed by atoms with Crippen LogP contribution in [0.15, 0.2) is 71.5 Å². The minimum atomic E-state index is 0.882. The lowest BCUT2D eigenvalue weighted by atomic mass is 10.1. The van der Waals surface area contributed by atoms with Crippen LogP contribution in [0, 0.1) is 0 Å². The van der Waals surface area contributed by atoms with Gasteiger partial charge in [-0.25, -0.2) is 0 Å². The molecule has 0 saturated carbocycles. The Labute approximate surface area is 120 Å². The predicted molar refractivity (Wildman–Crippen MR) is 80.6 cm³/mol. The Balaban J connectivity index is 1.93. The maximum absolute atomic E-state index is 4.48. The number of hydrogen-bond acceptors (Lipinski definition) is 2. The first-order chi connectivity index (χ1) is 9.33. The molecule has 0 spiro atoms. The lowest BCUT2D eigenvalue weighted by Gasteiger charge is -2.03. The van der Waals surface area contributed by atoms with Crippen molar-refractivity contribution in [3.05, 3.63) is 71.5 Å². The lowest BCUT2D eigenvalue weighted by Crippen LogP contribution is -1.88. The van der Waals surface area contributed by atoms with E-state index in [2.05, 4.69) is 25.9 Å². The van der Waals surface area contributed by atoms with Crippen molar-refractivity contribution in [3.8, 4) is 22.5 Å². The zero-order valence-corrected chi connectivity index (χ0v) is 11.7. The Morgan fingerprint density at radius 3 is 1.68 bits per heavy atom. The summed E-state index contributed by atoms with van der Waals surface area (Å²) in [7, 11) is 0. The van der Waals surface area contributed by atoms with Crippen LogP contribution in [0.2, 0.25) is 0 Å². The van der Waals surface area contributed by atoms with Gasteiger partial charge in [0.25, 0.3) is 0 Å². The number of halogens is 1. The van der Waals surface area contributed by atoms with Crippen LogP contribution < -0.4 is 0 Å². The number of hydrogen-bond donors (Lipinski definition) is 0. The van der Waals surface area contributed by atoms with Crippen LogP contribution in [0.4, 0.5) is 0 Å². The van der Waals surface area contributed by atoms with E-state index in [1.807, 2.05) is 67.0 Å². The van der Waals surface area contributed by atoms with Crippen LogP contribution in [-0.4, -0.2) is 9.97 Å². The van der Waals surface area contributed by atoms with E-state index in [0.29, 0.717) is 0 Å². The standard InChI is InChI=1S/C16H11BrN2/c17-14-8-6-13(7-9-14)16-11-18-15(10-19-16)12-4-2-1-3-5-12/h1-11H. The molecule has 1 heterocycles. The Morgan fingerprint density at radius 1 is 0.632 bits per heavy atom. The zero-order valence-electron chi connectivity index (χ0n) is 10.1. The van der Waals surface area contributed by atoms with Gasteiger partial charge in [-0.3, -0.25) is 9.97 Å². The van der Waals surface area contributed by atoms with E-state index in [1.165, 1.54) is 0 Å². The lowest BCUT2D eigenvalue weighted by molar-refractivity contribution is 1.21. The first-order valence-electron chi connectivity index (χ1n) is 5.96. The molecule has 3 rings (SSSR count). The first-order valence-corrected chi connectivity index (χ1v) is 6.75. The molecule has 2 nitrogen and oxygen atoms in total. The summed E-state index contributed by atoms with van der Waals surface area (Å²) in [6, 6.07) is 18.1. The number of nitrogens with zero attached hydrogens (tertiary/aromatic N) is 2. The summed E-state index contributed by atoms with van der Waals surface area (Å²) in [6.45, 7) is 0. The van der Waals surface area contributed by atoms with E-state index < -0.39 is 0 Å². The number of aromatic nitrogens is 2. The van der Waals surface area contributed by atoms with E-state index in [4.69, 9.17) is 0 Å². The van der Waals surface area contributed by atoms with Crippen molar-refractivity contribution in [2.75, 3.05) is 0 Å². The summed E-state index contributed by atoms with van der Waals surface area (Å²) in [6.07, 6.45) is 3.62. The van der Waals surface area contributed by atoms with Crippen LogP contribution >= 0.6 is 15.9 Å². The molecule has 19 heavy (non-hydrogen) atoms. The van der Waals surface area contributed by atoms with E-state index in [0.717, 1.165) is 27.0 Å². The highest BCUT2D eigenvalue weighted by atomic mass is 79.9. The molecule has 0 N–H and O–H groups in total. The van der Waals surface area contributed by atoms with Gasteiger partial charge in [0.05, 0.1) is 23.8 Å². The van der Waals surface area contributed by atoms with Crippen molar-refractivity contribution < 1.29 is 0 Å². The molecule has 0 aliphatic carbocycles. The topological polar surface area (TPSA) is 25.8 Å². The van der Waals surface area contributed by atoms with Gasteiger partial charge in [-0.1, -0.05) is 58.4 Å². The third-order valence-corrected chi connectivity index (χ3v) is 3.39. The minimum absolute atomic E-state index is 0.882. The fraction of sp³-hybridized carbons (Fsp3) is 0. The third kappa shape index (κ3) is 2.71. The third-order valence-electron chi connectivity index (χ3n) is 2.86. The summed E-state index contributed by atoms with van der Waals surface area (Å²) in [5.74, 6) is 0. The summed E-state index contributed by atoms with van der Waals surface area (Å²) in [5, 5.41) is 0. The van der Waals surface area contributed by atoms with Crippen LogP contribution in [0.1, 0.15) is 0 Å². The van der Waals surface area contributed by atoms with Crippen LogP contribution in [0.5, 0.6) is 0 Å². The minimum Gasteiger partial charge on any atom is -0.252 e. The van der Waals surface area contributed by atoms with E-state index in [1.54, 1.807) is 0 Å². The Morgan fingerprint density at radius 2 is 1.16 bits per heavy atom. The molecule has 2 aromatic carbocycles. The fourth-order valence-electron chi connectivity index (χ4n) is 1.86. The SMILES string of the molecule is Brc1ccc(-c2cnc(-c3ccccc3)cn2)cc1. The monoisotopic (exact) mass is 310 g/mol. The van der Waals surface area contributed by atoms with Gasteiger partial charge in [0.15, 0.2) is 0 Å². The summed E-state index contributed by atoms with van der Waals surface area (Å²) >= 11 is 3.42. The van der Waals surface area contributed by atoms with Crippen molar-refractivity contribution in [1.82, 2.24) is 9.97 Å². The molecule has 3 heteroatoms. The van der Waals surface area contributed by atoms with Gasteiger partial charge < -0.3 is 0 Å². The largest absolute Gasteiger partial charge is 0.252 e. The molecule has 3 aromatic rings. The predicted octanol–water partition coefficient (Wildman–Crippen LogP) is 4.57. The summed E-state index contributed by atoms with van der Waals surface area (Å²) < 4.78 is 1.06. The van der Waals surface area contributed by atoms with Gasteiger partial charge in [-0.2, -0.15) is 0 Å². The molecule has 0 unspecified atom stereocenters. The highest BCUT2D eigenvalue weighted by Gasteiger charge is 2.02. The molecule has 0 fully saturated rings.